The number of rotatable bonds is 11. The largest absolute Gasteiger partial charge is 0.355 e. The first kappa shape index (κ1) is 26.0. The molecule has 3 aromatic carbocycles. The van der Waals surface area contributed by atoms with Gasteiger partial charge in [0.1, 0.15) is 6.04 Å². The van der Waals surface area contributed by atoms with Gasteiger partial charge in [-0.25, -0.2) is 0 Å². The number of likely N-dealkylation sites (N-methyl/N-ethyl adjacent to an activating group) is 1. The summed E-state index contributed by atoms with van der Waals surface area (Å²) in [5, 5.41) is 2.94. The molecule has 2 amide bonds. The highest BCUT2D eigenvalue weighted by Gasteiger charge is 2.29. The molecule has 0 heterocycles. The molecule has 34 heavy (non-hydrogen) atoms. The van der Waals surface area contributed by atoms with E-state index in [2.05, 4.69) is 52.4 Å². The van der Waals surface area contributed by atoms with Crippen LogP contribution in [0.1, 0.15) is 30.0 Å². The smallest absolute Gasteiger partial charge is 0.243 e. The van der Waals surface area contributed by atoms with Gasteiger partial charge >= 0.3 is 0 Å². The highest BCUT2D eigenvalue weighted by molar-refractivity contribution is 9.10. The van der Waals surface area contributed by atoms with E-state index in [9.17, 15) is 9.59 Å². The molecular weight excluding hydrogens is 508 g/mol. The molecule has 3 aromatic rings. The van der Waals surface area contributed by atoms with E-state index in [0.29, 0.717) is 31.7 Å². The fourth-order valence-electron chi connectivity index (χ4n) is 3.67. The zero-order valence-corrected chi connectivity index (χ0v) is 22.1. The lowest BCUT2D eigenvalue weighted by Crippen LogP contribution is -2.50. The van der Waals surface area contributed by atoms with Gasteiger partial charge < -0.3 is 10.2 Å². The normalized spacial score (nSPS) is 11.6. The molecule has 0 aliphatic heterocycles. The van der Waals surface area contributed by atoms with Crippen LogP contribution in [-0.2, 0) is 22.6 Å². The third-order valence-electron chi connectivity index (χ3n) is 5.49. The molecule has 0 spiro atoms. The van der Waals surface area contributed by atoms with Crippen molar-refractivity contribution in [2.24, 2.45) is 0 Å². The quantitative estimate of drug-likeness (QED) is 0.304. The highest BCUT2D eigenvalue weighted by Crippen LogP contribution is 2.22. The van der Waals surface area contributed by atoms with E-state index in [4.69, 9.17) is 0 Å². The van der Waals surface area contributed by atoms with E-state index in [1.54, 1.807) is 16.7 Å². The van der Waals surface area contributed by atoms with Gasteiger partial charge in [-0.3, -0.25) is 9.59 Å². The summed E-state index contributed by atoms with van der Waals surface area (Å²) >= 11 is 5.13. The van der Waals surface area contributed by atoms with E-state index in [1.165, 1.54) is 5.56 Å². The Morgan fingerprint density at radius 3 is 2.26 bits per heavy atom. The number of carbonyl (C=O) groups excluding carboxylic acids is 2. The van der Waals surface area contributed by atoms with Crippen molar-refractivity contribution in [3.63, 3.8) is 0 Å². The summed E-state index contributed by atoms with van der Waals surface area (Å²) in [5.74, 6) is 0.518. The fraction of sp³-hybridized carbons (Fsp3) is 0.286. The van der Waals surface area contributed by atoms with Crippen LogP contribution in [-0.4, -0.2) is 35.1 Å². The number of amides is 2. The van der Waals surface area contributed by atoms with E-state index < -0.39 is 6.04 Å². The van der Waals surface area contributed by atoms with Gasteiger partial charge in [0.2, 0.25) is 11.8 Å². The van der Waals surface area contributed by atoms with Gasteiger partial charge in [-0.05, 0) is 49.2 Å². The average Bonchev–Trinajstić information content (AvgIpc) is 2.84. The first-order valence-corrected chi connectivity index (χ1v) is 13.3. The van der Waals surface area contributed by atoms with E-state index >= 15 is 0 Å². The van der Waals surface area contributed by atoms with Gasteiger partial charge in [-0.15, -0.1) is 11.8 Å². The second-order valence-electron chi connectivity index (χ2n) is 8.16. The molecule has 0 aliphatic carbocycles. The number of hydrogen-bond acceptors (Lipinski definition) is 3. The first-order chi connectivity index (χ1) is 16.5. The monoisotopic (exact) mass is 538 g/mol. The lowest BCUT2D eigenvalue weighted by molar-refractivity contribution is -0.140. The maximum atomic E-state index is 13.5. The predicted molar refractivity (Wildman–Crippen MR) is 144 cm³/mol. The first-order valence-electron chi connectivity index (χ1n) is 11.5. The predicted octanol–water partition coefficient (Wildman–Crippen LogP) is 6.02. The Kier molecular flexibility index (Phi) is 10.2. The number of aryl methyl sites for hydroxylation is 1. The molecule has 0 fully saturated rings. The highest BCUT2D eigenvalue weighted by atomic mass is 79.9. The Morgan fingerprint density at radius 2 is 1.62 bits per heavy atom. The average molecular weight is 540 g/mol. The number of carbonyl (C=O) groups is 2. The Labute approximate surface area is 215 Å². The number of thioether (sulfide) groups is 1. The van der Waals surface area contributed by atoms with Crippen molar-refractivity contribution < 1.29 is 9.59 Å². The Hall–Kier alpha value is -2.57. The van der Waals surface area contributed by atoms with E-state index in [-0.39, 0.29) is 11.8 Å². The minimum atomic E-state index is -0.581. The van der Waals surface area contributed by atoms with Crippen molar-refractivity contribution in [2.75, 3.05) is 12.3 Å². The molecule has 1 N–H and O–H groups in total. The second kappa shape index (κ2) is 13.4. The maximum Gasteiger partial charge on any atom is 0.243 e. The van der Waals surface area contributed by atoms with Gasteiger partial charge in [0.05, 0.1) is 0 Å². The third kappa shape index (κ3) is 8.03. The lowest BCUT2D eigenvalue weighted by Gasteiger charge is -2.31. The minimum Gasteiger partial charge on any atom is -0.355 e. The molecule has 0 saturated heterocycles. The van der Waals surface area contributed by atoms with Crippen molar-refractivity contribution in [1.82, 2.24) is 10.2 Å². The molecular formula is C28H31BrN2O2S. The van der Waals surface area contributed by atoms with Crippen LogP contribution in [0.15, 0.2) is 88.2 Å². The van der Waals surface area contributed by atoms with E-state index in [1.807, 2.05) is 61.5 Å². The standard InChI is InChI=1S/C28H31BrN2O2S/c1-3-30-28(33)26(19-22-7-5-4-6-8-22)31(20-23-11-13-24(29)14-12-23)27(32)17-18-34-25-15-9-21(2)10-16-25/h4-16,26H,3,17-20H2,1-2H3,(H,30,33)/t26-/m1/s1. The van der Waals surface area contributed by atoms with Crippen LogP contribution in [0.4, 0.5) is 0 Å². The van der Waals surface area contributed by atoms with Crippen LogP contribution in [0.3, 0.4) is 0 Å². The van der Waals surface area contributed by atoms with Crippen molar-refractivity contribution in [2.45, 2.75) is 44.2 Å². The van der Waals surface area contributed by atoms with Crippen LogP contribution >= 0.6 is 27.7 Å². The Bertz CT molecular complexity index is 1060. The van der Waals surface area contributed by atoms with Crippen LogP contribution in [0.2, 0.25) is 0 Å². The van der Waals surface area contributed by atoms with Crippen LogP contribution in [0.5, 0.6) is 0 Å². The number of hydrogen-bond donors (Lipinski definition) is 1. The summed E-state index contributed by atoms with van der Waals surface area (Å²) in [7, 11) is 0. The third-order valence-corrected chi connectivity index (χ3v) is 7.04. The minimum absolute atomic E-state index is 0.0188. The van der Waals surface area contributed by atoms with Gasteiger partial charge in [0, 0.05) is 41.1 Å². The van der Waals surface area contributed by atoms with Crippen molar-refractivity contribution in [3.05, 3.63) is 100 Å². The van der Waals surface area contributed by atoms with Crippen LogP contribution < -0.4 is 5.32 Å². The zero-order chi connectivity index (χ0) is 24.3. The summed E-state index contributed by atoms with van der Waals surface area (Å²) < 4.78 is 0.980. The van der Waals surface area contributed by atoms with Crippen molar-refractivity contribution in [3.8, 4) is 0 Å². The SMILES string of the molecule is CCNC(=O)[C@@H](Cc1ccccc1)N(Cc1ccc(Br)cc1)C(=O)CCSc1ccc(C)cc1. The molecule has 178 valence electrons. The summed E-state index contributed by atoms with van der Waals surface area (Å²) in [6.45, 7) is 4.87. The topological polar surface area (TPSA) is 49.4 Å². The molecule has 0 unspecified atom stereocenters. The molecule has 0 saturated carbocycles. The van der Waals surface area contributed by atoms with Crippen molar-refractivity contribution in [1.29, 1.82) is 0 Å². The molecule has 0 aliphatic rings. The molecule has 0 bridgehead atoms. The van der Waals surface area contributed by atoms with Crippen LogP contribution in [0.25, 0.3) is 0 Å². The molecule has 6 heteroatoms. The number of nitrogens with one attached hydrogen (secondary N) is 1. The number of halogens is 1. The molecule has 1 atom stereocenters. The van der Waals surface area contributed by atoms with Gasteiger partial charge in [-0.1, -0.05) is 76.1 Å². The maximum absolute atomic E-state index is 13.5. The van der Waals surface area contributed by atoms with Gasteiger partial charge in [0.15, 0.2) is 0 Å². The van der Waals surface area contributed by atoms with Gasteiger partial charge in [0.25, 0.3) is 0 Å². The fourth-order valence-corrected chi connectivity index (χ4v) is 4.77. The number of nitrogens with zero attached hydrogens (tertiary/aromatic N) is 1. The number of benzene rings is 3. The van der Waals surface area contributed by atoms with Crippen molar-refractivity contribution >= 4 is 39.5 Å². The molecule has 0 aromatic heterocycles. The zero-order valence-electron chi connectivity index (χ0n) is 19.7. The van der Waals surface area contributed by atoms with Crippen LogP contribution in [0, 0.1) is 6.92 Å². The molecule has 0 radical (unpaired) electrons. The summed E-state index contributed by atoms with van der Waals surface area (Å²) in [4.78, 5) is 29.6. The summed E-state index contributed by atoms with van der Waals surface area (Å²) in [5.41, 5.74) is 3.23. The second-order valence-corrected chi connectivity index (χ2v) is 10.2. The van der Waals surface area contributed by atoms with Gasteiger partial charge in [-0.2, -0.15) is 0 Å². The summed E-state index contributed by atoms with van der Waals surface area (Å²) in [6, 6.07) is 25.5. The molecule has 4 nitrogen and oxygen atoms in total. The summed E-state index contributed by atoms with van der Waals surface area (Å²) in [6.07, 6.45) is 0.833. The Morgan fingerprint density at radius 1 is 0.941 bits per heavy atom. The van der Waals surface area contributed by atoms with E-state index in [0.717, 1.165) is 20.5 Å². The Balaban J connectivity index is 1.81. The molecule has 3 rings (SSSR count). The lowest BCUT2D eigenvalue weighted by atomic mass is 10.0.